The smallest absolute Gasteiger partial charge is 0.0564 e. The average Bonchev–Trinajstić information content (AvgIpc) is 2.66. The van der Waals surface area contributed by atoms with Gasteiger partial charge in [-0.25, -0.2) is 0 Å². The molecule has 0 aliphatic carbocycles. The Morgan fingerprint density at radius 1 is 0.917 bits per heavy atom. The van der Waals surface area contributed by atoms with E-state index in [1.807, 2.05) is 0 Å². The monoisotopic (exact) mass is 324 g/mol. The van der Waals surface area contributed by atoms with Gasteiger partial charge in [0, 0.05) is 25.0 Å². The summed E-state index contributed by atoms with van der Waals surface area (Å²) in [4.78, 5) is 2.46. The SMILES string of the molecule is NCC(CCN1CCC(O)CC1)(c1ccccc1)c1ccccc1. The van der Waals surface area contributed by atoms with Crippen molar-refractivity contribution in [2.45, 2.75) is 30.8 Å². The van der Waals surface area contributed by atoms with Gasteiger partial charge >= 0.3 is 0 Å². The van der Waals surface area contributed by atoms with Crippen LogP contribution in [0.1, 0.15) is 30.4 Å². The third kappa shape index (κ3) is 3.69. The van der Waals surface area contributed by atoms with E-state index in [2.05, 4.69) is 65.6 Å². The molecule has 0 spiro atoms. The Labute approximate surface area is 145 Å². The molecule has 0 atom stereocenters. The molecule has 2 aromatic carbocycles. The normalized spacial score (nSPS) is 17.1. The van der Waals surface area contributed by atoms with E-state index in [4.69, 9.17) is 5.73 Å². The fourth-order valence-electron chi connectivity index (χ4n) is 3.80. The van der Waals surface area contributed by atoms with E-state index in [0.717, 1.165) is 38.9 Å². The van der Waals surface area contributed by atoms with Crippen molar-refractivity contribution in [3.63, 3.8) is 0 Å². The van der Waals surface area contributed by atoms with Crippen LogP contribution in [0.25, 0.3) is 0 Å². The summed E-state index contributed by atoms with van der Waals surface area (Å²) in [7, 11) is 0. The van der Waals surface area contributed by atoms with E-state index >= 15 is 0 Å². The van der Waals surface area contributed by atoms with Crippen LogP contribution in [-0.2, 0) is 5.41 Å². The second kappa shape index (κ2) is 7.93. The minimum Gasteiger partial charge on any atom is -0.393 e. The molecule has 24 heavy (non-hydrogen) atoms. The summed E-state index contributed by atoms with van der Waals surface area (Å²) in [5.41, 5.74) is 8.77. The van der Waals surface area contributed by atoms with E-state index in [1.165, 1.54) is 11.1 Å². The molecular formula is C21H28N2O. The van der Waals surface area contributed by atoms with Crippen LogP contribution in [0.2, 0.25) is 0 Å². The predicted molar refractivity (Wildman–Crippen MR) is 99.0 cm³/mol. The van der Waals surface area contributed by atoms with Crippen LogP contribution >= 0.6 is 0 Å². The standard InChI is InChI=1S/C21H28N2O/c22-17-21(18-7-3-1-4-8-18,19-9-5-2-6-10-19)13-16-23-14-11-20(24)12-15-23/h1-10,20,24H,11-17,22H2. The van der Waals surface area contributed by atoms with Crippen molar-refractivity contribution in [1.82, 2.24) is 4.90 Å². The summed E-state index contributed by atoms with van der Waals surface area (Å²) in [6, 6.07) is 21.3. The van der Waals surface area contributed by atoms with Crippen LogP contribution in [0.5, 0.6) is 0 Å². The molecule has 0 amide bonds. The number of hydrogen-bond acceptors (Lipinski definition) is 3. The molecule has 1 aliphatic rings. The number of rotatable bonds is 6. The van der Waals surface area contributed by atoms with Gasteiger partial charge in [0.15, 0.2) is 0 Å². The Kier molecular flexibility index (Phi) is 5.67. The summed E-state index contributed by atoms with van der Waals surface area (Å²) >= 11 is 0. The van der Waals surface area contributed by atoms with Crippen molar-refractivity contribution in [3.05, 3.63) is 71.8 Å². The van der Waals surface area contributed by atoms with Crippen molar-refractivity contribution < 1.29 is 5.11 Å². The number of aliphatic hydroxyl groups is 1. The molecule has 128 valence electrons. The predicted octanol–water partition coefficient (Wildman–Crippen LogP) is 2.78. The molecule has 0 radical (unpaired) electrons. The second-order valence-electron chi connectivity index (χ2n) is 6.84. The van der Waals surface area contributed by atoms with Gasteiger partial charge in [-0.3, -0.25) is 0 Å². The Bertz CT molecular complexity index is 567. The minimum atomic E-state index is -0.154. The zero-order chi connectivity index (χ0) is 16.8. The Morgan fingerprint density at radius 2 is 1.42 bits per heavy atom. The maximum Gasteiger partial charge on any atom is 0.0564 e. The third-order valence-electron chi connectivity index (χ3n) is 5.41. The van der Waals surface area contributed by atoms with Gasteiger partial charge in [-0.1, -0.05) is 60.7 Å². The van der Waals surface area contributed by atoms with Crippen LogP contribution < -0.4 is 5.73 Å². The quantitative estimate of drug-likeness (QED) is 0.859. The molecule has 3 nitrogen and oxygen atoms in total. The topological polar surface area (TPSA) is 49.5 Å². The summed E-state index contributed by atoms with van der Waals surface area (Å²) in [6.07, 6.45) is 2.63. The van der Waals surface area contributed by atoms with Crippen molar-refractivity contribution >= 4 is 0 Å². The van der Waals surface area contributed by atoms with Gasteiger partial charge in [-0.05, 0) is 36.9 Å². The zero-order valence-electron chi connectivity index (χ0n) is 14.3. The molecule has 0 unspecified atom stereocenters. The number of hydrogen-bond donors (Lipinski definition) is 2. The molecule has 1 saturated heterocycles. The van der Waals surface area contributed by atoms with Crippen LogP contribution in [0.4, 0.5) is 0 Å². The van der Waals surface area contributed by atoms with E-state index in [9.17, 15) is 5.11 Å². The van der Waals surface area contributed by atoms with Gasteiger partial charge in [0.1, 0.15) is 0 Å². The molecule has 0 bridgehead atoms. The number of nitrogens with zero attached hydrogens (tertiary/aromatic N) is 1. The summed E-state index contributed by atoms with van der Waals surface area (Å²) in [5.74, 6) is 0. The van der Waals surface area contributed by atoms with Crippen LogP contribution in [-0.4, -0.2) is 42.3 Å². The van der Waals surface area contributed by atoms with Gasteiger partial charge in [0.05, 0.1) is 6.10 Å². The summed E-state index contributed by atoms with van der Waals surface area (Å²) in [6.45, 7) is 3.56. The van der Waals surface area contributed by atoms with Gasteiger partial charge in [0.25, 0.3) is 0 Å². The third-order valence-corrected chi connectivity index (χ3v) is 5.41. The minimum absolute atomic E-state index is 0.122. The molecular weight excluding hydrogens is 296 g/mol. The first-order valence-electron chi connectivity index (χ1n) is 8.96. The van der Waals surface area contributed by atoms with Crippen molar-refractivity contribution in [3.8, 4) is 0 Å². The molecule has 3 N–H and O–H groups in total. The molecule has 3 heteroatoms. The first-order valence-corrected chi connectivity index (χ1v) is 8.96. The first-order chi connectivity index (χ1) is 11.7. The fourth-order valence-corrected chi connectivity index (χ4v) is 3.80. The Morgan fingerprint density at radius 3 is 1.88 bits per heavy atom. The van der Waals surface area contributed by atoms with Crippen molar-refractivity contribution in [2.24, 2.45) is 5.73 Å². The lowest BCUT2D eigenvalue weighted by molar-refractivity contribution is 0.0797. The highest BCUT2D eigenvalue weighted by Gasteiger charge is 2.33. The molecule has 1 heterocycles. The van der Waals surface area contributed by atoms with Crippen molar-refractivity contribution in [2.75, 3.05) is 26.2 Å². The van der Waals surface area contributed by atoms with Crippen LogP contribution in [0.15, 0.2) is 60.7 Å². The second-order valence-corrected chi connectivity index (χ2v) is 6.84. The number of aliphatic hydroxyl groups excluding tert-OH is 1. The number of piperidine rings is 1. The molecule has 0 saturated carbocycles. The Balaban J connectivity index is 1.85. The molecule has 2 aromatic rings. The lowest BCUT2D eigenvalue weighted by atomic mass is 9.72. The molecule has 3 rings (SSSR count). The lowest BCUT2D eigenvalue weighted by Crippen LogP contribution is -2.42. The van der Waals surface area contributed by atoms with Gasteiger partial charge < -0.3 is 15.7 Å². The molecule has 0 aromatic heterocycles. The van der Waals surface area contributed by atoms with Gasteiger partial charge in [-0.15, -0.1) is 0 Å². The van der Waals surface area contributed by atoms with Gasteiger partial charge in [-0.2, -0.15) is 0 Å². The maximum absolute atomic E-state index is 9.71. The lowest BCUT2D eigenvalue weighted by Gasteiger charge is -2.37. The van der Waals surface area contributed by atoms with Gasteiger partial charge in [0.2, 0.25) is 0 Å². The summed E-state index contributed by atoms with van der Waals surface area (Å²) in [5, 5.41) is 9.71. The average molecular weight is 324 g/mol. The highest BCUT2D eigenvalue weighted by atomic mass is 16.3. The fraction of sp³-hybridized carbons (Fsp3) is 0.429. The largest absolute Gasteiger partial charge is 0.393 e. The van der Waals surface area contributed by atoms with E-state index in [0.29, 0.717) is 6.54 Å². The first kappa shape index (κ1) is 17.2. The van der Waals surface area contributed by atoms with Crippen LogP contribution in [0.3, 0.4) is 0 Å². The van der Waals surface area contributed by atoms with E-state index in [-0.39, 0.29) is 11.5 Å². The van der Waals surface area contributed by atoms with Crippen LogP contribution in [0, 0.1) is 0 Å². The number of benzene rings is 2. The van der Waals surface area contributed by atoms with Crippen molar-refractivity contribution in [1.29, 1.82) is 0 Å². The van der Waals surface area contributed by atoms with E-state index in [1.54, 1.807) is 0 Å². The maximum atomic E-state index is 9.71. The molecule has 1 aliphatic heterocycles. The molecule has 1 fully saturated rings. The highest BCUT2D eigenvalue weighted by Crippen LogP contribution is 2.35. The van der Waals surface area contributed by atoms with E-state index < -0.39 is 0 Å². The number of likely N-dealkylation sites (tertiary alicyclic amines) is 1. The Hall–Kier alpha value is -1.68. The highest BCUT2D eigenvalue weighted by molar-refractivity contribution is 5.40. The summed E-state index contributed by atoms with van der Waals surface area (Å²) < 4.78 is 0. The number of nitrogens with two attached hydrogens (primary N) is 1. The zero-order valence-corrected chi connectivity index (χ0v) is 14.3.